The van der Waals surface area contributed by atoms with Crippen LogP contribution in [-0.2, 0) is 79.2 Å². The van der Waals surface area contributed by atoms with Gasteiger partial charge in [-0.3, -0.25) is 14.4 Å². The predicted octanol–water partition coefficient (Wildman–Crippen LogP) is 7.12. The van der Waals surface area contributed by atoms with Crippen molar-refractivity contribution < 1.29 is 111 Å². The summed E-state index contributed by atoms with van der Waals surface area (Å²) < 4.78 is 22.2. The summed E-state index contributed by atoms with van der Waals surface area (Å²) in [4.78, 5) is 81.6. The molecule has 76 heavy (non-hydrogen) atoms. The van der Waals surface area contributed by atoms with Crippen molar-refractivity contribution in [3.8, 4) is 57.1 Å². The van der Waals surface area contributed by atoms with Crippen LogP contribution in [-0.4, -0.2) is 85.6 Å². The van der Waals surface area contributed by atoms with Crippen molar-refractivity contribution in [3.63, 3.8) is 0 Å². The van der Waals surface area contributed by atoms with Gasteiger partial charge in [-0.25, -0.2) is 14.4 Å². The summed E-state index contributed by atoms with van der Waals surface area (Å²) in [6.45, 7) is 1.22. The van der Waals surface area contributed by atoms with Crippen LogP contribution in [0.2, 0.25) is 10.0 Å². The van der Waals surface area contributed by atoms with Crippen LogP contribution in [0.3, 0.4) is 0 Å². The first-order valence-electron chi connectivity index (χ1n) is 22.5. The van der Waals surface area contributed by atoms with E-state index in [9.17, 15) is 65.1 Å². The molecule has 9 rings (SSSR count). The van der Waals surface area contributed by atoms with Crippen LogP contribution in [0.1, 0.15) is 63.2 Å². The molecule has 6 atom stereocenters. The van der Waals surface area contributed by atoms with Gasteiger partial charge in [0, 0.05) is 61.4 Å². The number of esters is 1. The zero-order valence-corrected chi connectivity index (χ0v) is 44.1. The van der Waals surface area contributed by atoms with Crippen molar-refractivity contribution in [1.29, 1.82) is 0 Å². The van der Waals surface area contributed by atoms with E-state index in [2.05, 4.69) is 21.3 Å². The summed E-state index contributed by atoms with van der Waals surface area (Å²) in [6, 6.07) is 14.1. The molecule has 0 aromatic heterocycles. The van der Waals surface area contributed by atoms with Gasteiger partial charge in [-0.1, -0.05) is 71.7 Å². The van der Waals surface area contributed by atoms with Crippen LogP contribution in [0.15, 0.2) is 103 Å². The number of hydrogen-bond donors (Lipinski definition) is 10. The number of rotatable bonds is 9. The zero-order chi connectivity index (χ0) is 54.0. The molecule has 11 N–H and O–H groups in total. The van der Waals surface area contributed by atoms with Crippen molar-refractivity contribution >= 4 is 59.0 Å². The zero-order valence-electron chi connectivity index (χ0n) is 39.8. The third-order valence-corrected chi connectivity index (χ3v) is 12.9. The normalized spacial score (nSPS) is 18.3. The summed E-state index contributed by atoms with van der Waals surface area (Å²) in [6.07, 6.45) is -3.23. The first-order chi connectivity index (χ1) is 35.7. The Morgan fingerprint density at radius 3 is 2.16 bits per heavy atom. The number of phenols is 4. The Morgan fingerprint density at radius 1 is 0.750 bits per heavy atom. The number of carbonyl (C=O) groups excluding carboxylic acids is 5. The number of aliphatic carboxylic acids is 1. The van der Waals surface area contributed by atoms with Crippen LogP contribution >= 0.6 is 23.2 Å². The maximum absolute atomic E-state index is 14.6. The molecule has 3 aliphatic rings. The SMILES string of the molecule is COC(=O)C1NC(=O)C2NC(=O)C(NC(=O)C([NH-])c3cc(Oc4ccc(CC(NC(=O)OCc5ccccc5)C(=O)O)cc4Cl)c(O)c(c3)Oc3ccc(cc3Cl)C2O)c2ccc(O)c(c2)-c2c1cc(O)c(C)c2O.[Y]. The first kappa shape index (κ1) is 56.1. The van der Waals surface area contributed by atoms with Crippen molar-refractivity contribution in [2.45, 2.75) is 56.3 Å². The molecular formula is C52H44Cl2N5O16Y-. The number of aliphatic hydroxyl groups is 1. The van der Waals surface area contributed by atoms with Crippen LogP contribution in [0, 0.1) is 6.92 Å². The first-order valence-corrected chi connectivity index (χ1v) is 23.3. The van der Waals surface area contributed by atoms with Crippen molar-refractivity contribution in [2.24, 2.45) is 0 Å². The van der Waals surface area contributed by atoms with E-state index in [0.717, 1.165) is 31.4 Å². The Labute approximate surface area is 466 Å². The van der Waals surface area contributed by atoms with E-state index < -0.39 is 107 Å². The summed E-state index contributed by atoms with van der Waals surface area (Å²) in [5.41, 5.74) is 8.80. The standard InChI is InChI=1S/C52H44Cl2N5O16.Y/c1-22-34(61)20-29-39(44(22)62)28-16-25(9-11-33(28)60)41-48(66)59-43(49(67)58-42(29)51(70)72-2)45(63)26-10-13-36(31(54)17-26)75-38-19-27(40(55)47(65)57-41)18-37(46(38)64)74-35-12-8-24(14-30(35)53)15-32(50(68)69)56-52(71)73-21-23-6-4-3-5-7-23;/h3-14,16-20,32,40-43,45,55,60-64H,15,21H2,1-2H3,(H,56,71)(H,57,65)(H,58,67)(H,59,66)(H,68,69);/q-1;. The Bertz CT molecular complexity index is 3290. The third-order valence-electron chi connectivity index (χ3n) is 12.3. The number of fused-ring (bicyclic) bond motifs is 8. The van der Waals surface area contributed by atoms with Crippen LogP contribution in [0.5, 0.6) is 46.0 Å². The molecule has 21 nitrogen and oxygen atoms in total. The van der Waals surface area contributed by atoms with Crippen LogP contribution < -0.4 is 30.7 Å². The van der Waals surface area contributed by atoms with E-state index in [1.54, 1.807) is 30.3 Å². The molecule has 0 fully saturated rings. The topological polar surface area (TPSA) is 333 Å². The number of alkyl carbamates (subject to hydrolysis) is 1. The molecule has 1 radical (unpaired) electrons. The second kappa shape index (κ2) is 23.5. The molecule has 0 spiro atoms. The third kappa shape index (κ3) is 11.9. The van der Waals surface area contributed by atoms with Gasteiger partial charge in [0.2, 0.25) is 23.5 Å². The number of carbonyl (C=O) groups is 6. The second-order valence-corrected chi connectivity index (χ2v) is 18.0. The minimum Gasteiger partial charge on any atom is -0.663 e. The summed E-state index contributed by atoms with van der Waals surface area (Å²) >= 11 is 13.3. The molecule has 8 bridgehead atoms. The quantitative estimate of drug-likeness (QED) is 0.0644. The molecule has 4 amide bonds. The molecule has 0 saturated heterocycles. The van der Waals surface area contributed by atoms with Gasteiger partial charge in [0.15, 0.2) is 17.5 Å². The van der Waals surface area contributed by atoms with E-state index in [1.807, 2.05) is 0 Å². The minimum absolute atomic E-state index is 0. The van der Waals surface area contributed by atoms with Gasteiger partial charge in [-0.15, -0.1) is 0 Å². The predicted molar refractivity (Wildman–Crippen MR) is 265 cm³/mol. The average Bonchev–Trinajstić information content (AvgIpc) is 3.38. The van der Waals surface area contributed by atoms with Gasteiger partial charge in [-0.05, 0) is 95.4 Å². The van der Waals surface area contributed by atoms with Crippen LogP contribution in [0.4, 0.5) is 4.79 Å². The number of benzene rings is 6. The Kier molecular flexibility index (Phi) is 17.3. The number of aromatic hydroxyl groups is 4. The molecule has 6 aromatic carbocycles. The average molecular weight is 1150 g/mol. The number of carboxylic acids is 1. The van der Waals surface area contributed by atoms with Crippen molar-refractivity contribution in [3.05, 3.63) is 158 Å². The number of nitrogens with one attached hydrogen (secondary N) is 5. The number of methoxy groups -OCH3 is 1. The molecule has 3 heterocycles. The van der Waals surface area contributed by atoms with Gasteiger partial charge in [0.1, 0.15) is 59.6 Å². The monoisotopic (exact) mass is 1150 g/mol. The van der Waals surface area contributed by atoms with E-state index in [0.29, 0.717) is 11.1 Å². The number of phenolic OH excluding ortho intramolecular Hbond substituents is 4. The van der Waals surface area contributed by atoms with E-state index in [-0.39, 0.29) is 106 Å². The number of ether oxygens (including phenoxy) is 4. The summed E-state index contributed by atoms with van der Waals surface area (Å²) in [7, 11) is 0.994. The number of amides is 4. The maximum Gasteiger partial charge on any atom is 0.408 e. The molecule has 24 heteroatoms. The minimum atomic E-state index is -2.01. The van der Waals surface area contributed by atoms with Gasteiger partial charge >= 0.3 is 18.0 Å². The van der Waals surface area contributed by atoms with Crippen molar-refractivity contribution in [1.82, 2.24) is 21.3 Å². The summed E-state index contributed by atoms with van der Waals surface area (Å²) in [5, 5.41) is 76.5. The number of carboxylic acid groups (broad SMARTS) is 1. The second-order valence-electron chi connectivity index (χ2n) is 17.2. The fourth-order valence-corrected chi connectivity index (χ4v) is 8.74. The van der Waals surface area contributed by atoms with Crippen LogP contribution in [0.25, 0.3) is 16.9 Å². The Morgan fingerprint density at radius 2 is 1.47 bits per heavy atom. The molecule has 391 valence electrons. The largest absolute Gasteiger partial charge is 0.663 e. The fourth-order valence-electron chi connectivity index (χ4n) is 8.27. The molecular weight excluding hydrogens is 1110 g/mol. The van der Waals surface area contributed by atoms with Gasteiger partial charge < -0.3 is 76.6 Å². The van der Waals surface area contributed by atoms with Crippen molar-refractivity contribution in [2.75, 3.05) is 7.11 Å². The molecule has 6 aromatic rings. The maximum atomic E-state index is 14.6. The summed E-state index contributed by atoms with van der Waals surface area (Å²) in [5.74, 6) is -9.66. The van der Waals surface area contributed by atoms with E-state index >= 15 is 0 Å². The Hall–Kier alpha value is -7.66. The smallest absolute Gasteiger partial charge is 0.408 e. The Balaban J connectivity index is 0.00000840. The van der Waals surface area contributed by atoms with E-state index in [1.165, 1.54) is 55.5 Å². The number of hydrogen-bond acceptors (Lipinski definition) is 15. The van der Waals surface area contributed by atoms with Gasteiger partial charge in [0.25, 0.3) is 0 Å². The molecule has 0 saturated carbocycles. The van der Waals surface area contributed by atoms with Gasteiger partial charge in [0.05, 0.1) is 17.2 Å². The number of aliphatic hydroxyl groups excluding tert-OH is 1. The number of halogens is 2. The molecule has 6 unspecified atom stereocenters. The van der Waals surface area contributed by atoms with Gasteiger partial charge in [-0.2, -0.15) is 0 Å². The molecule has 0 aliphatic carbocycles. The van der Waals surface area contributed by atoms with E-state index in [4.69, 9.17) is 42.1 Å². The fraction of sp³-hybridized carbons (Fsp3) is 0.192. The molecule has 3 aliphatic heterocycles.